The molecule has 2 amide bonds. The molecular formula is C21H28N4O3. The third kappa shape index (κ3) is 3.79. The summed E-state index contributed by atoms with van der Waals surface area (Å²) in [6.07, 6.45) is 4.32. The number of piperazine rings is 1. The number of amides is 2. The van der Waals surface area contributed by atoms with Crippen molar-refractivity contribution in [3.8, 4) is 5.75 Å². The predicted octanol–water partition coefficient (Wildman–Crippen LogP) is 1.61. The molecule has 1 saturated heterocycles. The van der Waals surface area contributed by atoms with E-state index in [1.165, 1.54) is 0 Å². The van der Waals surface area contributed by atoms with Gasteiger partial charge in [-0.05, 0) is 37.8 Å². The van der Waals surface area contributed by atoms with Crippen LogP contribution in [0.25, 0.3) is 0 Å². The van der Waals surface area contributed by atoms with Gasteiger partial charge >= 0.3 is 0 Å². The lowest BCUT2D eigenvalue weighted by molar-refractivity contribution is -0.135. The van der Waals surface area contributed by atoms with Crippen molar-refractivity contribution < 1.29 is 14.3 Å². The Morgan fingerprint density at radius 2 is 1.82 bits per heavy atom. The van der Waals surface area contributed by atoms with E-state index in [9.17, 15) is 9.59 Å². The Bertz CT molecular complexity index is 784. The Balaban J connectivity index is 1.33. The number of carbonyl (C=O) groups is 2. The second kappa shape index (κ2) is 8.12. The molecule has 1 aromatic rings. The minimum absolute atomic E-state index is 0.0344. The monoisotopic (exact) mass is 384 g/mol. The lowest BCUT2D eigenvalue weighted by Gasteiger charge is -2.38. The average molecular weight is 384 g/mol. The van der Waals surface area contributed by atoms with Crippen molar-refractivity contribution in [3.05, 3.63) is 35.7 Å². The summed E-state index contributed by atoms with van der Waals surface area (Å²) in [5, 5.41) is 6.32. The fourth-order valence-electron chi connectivity index (χ4n) is 4.25. The summed E-state index contributed by atoms with van der Waals surface area (Å²) in [4.78, 5) is 29.3. The summed E-state index contributed by atoms with van der Waals surface area (Å²) in [6, 6.07) is 7.49. The summed E-state index contributed by atoms with van der Waals surface area (Å²) < 4.78 is 5.45. The van der Waals surface area contributed by atoms with Crippen molar-refractivity contribution in [2.75, 3.05) is 38.2 Å². The smallest absolute Gasteiger partial charge is 0.247 e. The number of nitrogens with zero attached hydrogens (tertiary/aromatic N) is 2. The summed E-state index contributed by atoms with van der Waals surface area (Å²) in [7, 11) is 1.67. The minimum Gasteiger partial charge on any atom is -0.495 e. The maximum absolute atomic E-state index is 12.8. The Morgan fingerprint density at radius 3 is 2.57 bits per heavy atom. The number of allylic oxidation sites excluding steroid dienone is 2. The summed E-state index contributed by atoms with van der Waals surface area (Å²) in [5.74, 6) is 0.802. The van der Waals surface area contributed by atoms with Gasteiger partial charge < -0.3 is 25.2 Å². The molecule has 4 rings (SSSR count). The second-order valence-corrected chi connectivity index (χ2v) is 7.59. The van der Waals surface area contributed by atoms with Crippen LogP contribution in [-0.2, 0) is 9.59 Å². The summed E-state index contributed by atoms with van der Waals surface area (Å²) in [6.45, 7) is 2.82. The molecule has 0 radical (unpaired) electrons. The predicted molar refractivity (Wildman–Crippen MR) is 107 cm³/mol. The lowest BCUT2D eigenvalue weighted by Crippen LogP contribution is -2.54. The maximum atomic E-state index is 12.8. The van der Waals surface area contributed by atoms with Gasteiger partial charge in [0.15, 0.2) is 0 Å². The van der Waals surface area contributed by atoms with Crippen LogP contribution < -0.4 is 20.3 Å². The molecule has 0 spiro atoms. The van der Waals surface area contributed by atoms with Gasteiger partial charge in [-0.1, -0.05) is 12.1 Å². The van der Waals surface area contributed by atoms with Crippen LogP contribution in [0.15, 0.2) is 35.7 Å². The van der Waals surface area contributed by atoms with Crippen LogP contribution in [-0.4, -0.2) is 56.0 Å². The Kier molecular flexibility index (Phi) is 5.41. The molecule has 1 atom stereocenters. The fourth-order valence-corrected chi connectivity index (χ4v) is 4.25. The van der Waals surface area contributed by atoms with Gasteiger partial charge in [-0.25, -0.2) is 0 Å². The molecule has 2 aliphatic heterocycles. The molecule has 1 unspecified atom stereocenters. The first-order valence-electron chi connectivity index (χ1n) is 10.1. The van der Waals surface area contributed by atoms with E-state index in [1.807, 2.05) is 29.2 Å². The van der Waals surface area contributed by atoms with E-state index >= 15 is 0 Å². The van der Waals surface area contributed by atoms with Crippen LogP contribution in [0.5, 0.6) is 5.75 Å². The van der Waals surface area contributed by atoms with Crippen LogP contribution in [0.4, 0.5) is 5.69 Å². The molecule has 3 aliphatic rings. The molecule has 7 nitrogen and oxygen atoms in total. The Hall–Kier alpha value is -2.70. The molecule has 150 valence electrons. The van der Waals surface area contributed by atoms with Crippen molar-refractivity contribution in [3.63, 3.8) is 0 Å². The number of rotatable bonds is 4. The van der Waals surface area contributed by atoms with Crippen molar-refractivity contribution in [1.82, 2.24) is 15.5 Å². The van der Waals surface area contributed by atoms with Crippen LogP contribution >= 0.6 is 0 Å². The number of ether oxygens (including phenoxy) is 1. The number of hydrogen-bond donors (Lipinski definition) is 2. The normalized spacial score (nSPS) is 22.3. The zero-order valence-corrected chi connectivity index (χ0v) is 16.4. The number of nitrogens with one attached hydrogen (secondary N) is 2. The molecule has 1 aromatic carbocycles. The molecule has 1 fully saturated rings. The first-order chi connectivity index (χ1) is 13.7. The van der Waals surface area contributed by atoms with E-state index < -0.39 is 6.04 Å². The molecule has 1 aliphatic carbocycles. The number of benzene rings is 1. The fraction of sp³-hybridized carbons (Fsp3) is 0.524. The van der Waals surface area contributed by atoms with Gasteiger partial charge in [0, 0.05) is 37.6 Å². The standard InChI is InChI=1S/C21H28N4O3/c1-28-19-9-5-4-8-18(19)24-10-12-25(13-11-24)20(26)14-17-21(27)23-16-7-3-2-6-15(16)22-17/h4-5,8-9,17,22H,2-3,6-7,10-14H2,1H3,(H,23,27). The van der Waals surface area contributed by atoms with E-state index in [4.69, 9.17) is 4.74 Å². The number of hydrogen-bond acceptors (Lipinski definition) is 5. The van der Waals surface area contributed by atoms with Crippen molar-refractivity contribution >= 4 is 17.5 Å². The molecule has 2 N–H and O–H groups in total. The molecular weight excluding hydrogens is 356 g/mol. The number of carbonyl (C=O) groups excluding carboxylic acids is 2. The van der Waals surface area contributed by atoms with E-state index in [-0.39, 0.29) is 18.2 Å². The SMILES string of the molecule is COc1ccccc1N1CCN(C(=O)CC2NC3=C(CCCC3)NC2=O)CC1. The number of anilines is 1. The van der Waals surface area contributed by atoms with Gasteiger partial charge in [0.05, 0.1) is 19.2 Å². The molecule has 7 heteroatoms. The first kappa shape index (κ1) is 18.7. The first-order valence-corrected chi connectivity index (χ1v) is 10.1. The van der Waals surface area contributed by atoms with Gasteiger partial charge in [0.25, 0.3) is 0 Å². The zero-order valence-electron chi connectivity index (χ0n) is 16.4. The molecule has 28 heavy (non-hydrogen) atoms. The van der Waals surface area contributed by atoms with Crippen LogP contribution in [0.2, 0.25) is 0 Å². The quantitative estimate of drug-likeness (QED) is 0.825. The highest BCUT2D eigenvalue weighted by Gasteiger charge is 2.32. The van der Waals surface area contributed by atoms with Gasteiger partial charge in [-0.15, -0.1) is 0 Å². The van der Waals surface area contributed by atoms with Crippen molar-refractivity contribution in [2.45, 2.75) is 38.1 Å². The van der Waals surface area contributed by atoms with Crippen molar-refractivity contribution in [1.29, 1.82) is 0 Å². The summed E-state index contributed by atoms with van der Waals surface area (Å²) in [5.41, 5.74) is 3.19. The Labute approximate surface area is 165 Å². The van der Waals surface area contributed by atoms with E-state index in [2.05, 4.69) is 15.5 Å². The Morgan fingerprint density at radius 1 is 1.11 bits per heavy atom. The van der Waals surface area contributed by atoms with Crippen LogP contribution in [0, 0.1) is 0 Å². The van der Waals surface area contributed by atoms with Gasteiger partial charge in [0.1, 0.15) is 11.8 Å². The minimum atomic E-state index is -0.461. The van der Waals surface area contributed by atoms with E-state index in [0.717, 1.165) is 61.6 Å². The van der Waals surface area contributed by atoms with Crippen molar-refractivity contribution in [2.24, 2.45) is 0 Å². The summed E-state index contributed by atoms with van der Waals surface area (Å²) >= 11 is 0. The third-order valence-corrected chi connectivity index (χ3v) is 5.84. The van der Waals surface area contributed by atoms with Crippen LogP contribution in [0.1, 0.15) is 32.1 Å². The lowest BCUT2D eigenvalue weighted by atomic mass is 9.97. The second-order valence-electron chi connectivity index (χ2n) is 7.59. The van der Waals surface area contributed by atoms with E-state index in [1.54, 1.807) is 7.11 Å². The molecule has 0 bridgehead atoms. The molecule has 2 heterocycles. The van der Waals surface area contributed by atoms with Gasteiger partial charge in [-0.2, -0.15) is 0 Å². The highest BCUT2D eigenvalue weighted by atomic mass is 16.5. The molecule has 0 saturated carbocycles. The average Bonchev–Trinajstić information content (AvgIpc) is 2.74. The topological polar surface area (TPSA) is 73.9 Å². The highest BCUT2D eigenvalue weighted by Crippen LogP contribution is 2.29. The number of methoxy groups -OCH3 is 1. The zero-order chi connectivity index (χ0) is 19.5. The number of para-hydroxylation sites is 2. The van der Waals surface area contributed by atoms with Gasteiger partial charge in [-0.3, -0.25) is 9.59 Å². The highest BCUT2D eigenvalue weighted by molar-refractivity contribution is 5.90. The van der Waals surface area contributed by atoms with Gasteiger partial charge in [0.2, 0.25) is 11.8 Å². The molecule has 0 aromatic heterocycles. The van der Waals surface area contributed by atoms with E-state index in [0.29, 0.717) is 13.1 Å². The third-order valence-electron chi connectivity index (χ3n) is 5.84. The van der Waals surface area contributed by atoms with Crippen LogP contribution in [0.3, 0.4) is 0 Å². The largest absolute Gasteiger partial charge is 0.495 e. The maximum Gasteiger partial charge on any atom is 0.247 e.